The van der Waals surface area contributed by atoms with Crippen molar-refractivity contribution in [3.63, 3.8) is 0 Å². The zero-order chi connectivity index (χ0) is 30.5. The molecule has 0 aromatic carbocycles. The third kappa shape index (κ3) is 26.1. The van der Waals surface area contributed by atoms with Gasteiger partial charge in [-0.2, -0.15) is 0 Å². The summed E-state index contributed by atoms with van der Waals surface area (Å²) in [6, 6.07) is 0. The van der Waals surface area contributed by atoms with Crippen LogP contribution in [-0.4, -0.2) is 73.9 Å². The van der Waals surface area contributed by atoms with Crippen molar-refractivity contribution in [1.82, 2.24) is 0 Å². The molecule has 0 unspecified atom stereocenters. The molecule has 0 atom stereocenters. The predicted molar refractivity (Wildman–Crippen MR) is 202 cm³/mol. The van der Waals surface area contributed by atoms with Gasteiger partial charge >= 0.3 is 0 Å². The molecule has 0 fully saturated rings. The largest absolute Gasteiger partial charge is 1.00 e. The monoisotopic (exact) mass is 822 g/mol. The van der Waals surface area contributed by atoms with Gasteiger partial charge in [0.25, 0.3) is 0 Å². The number of hydrogen-bond donors (Lipinski definition) is 0. The third-order valence-corrected chi connectivity index (χ3v) is 18.6. The Balaban J connectivity index is -0.000000112. The van der Waals surface area contributed by atoms with E-state index in [9.17, 15) is 0 Å². The van der Waals surface area contributed by atoms with Gasteiger partial charge in [-0.1, -0.05) is 152 Å². The molecule has 0 spiro atoms. The lowest BCUT2D eigenvalue weighted by Gasteiger charge is -2.22. The summed E-state index contributed by atoms with van der Waals surface area (Å²) in [5.74, 6) is 0. The maximum Gasteiger partial charge on any atom is 0.0780 e. The van der Waals surface area contributed by atoms with Crippen molar-refractivity contribution in [2.24, 2.45) is 0 Å². The van der Waals surface area contributed by atoms with Gasteiger partial charge in [-0.25, -0.2) is 0 Å². The SMILES string of the molecule is C=CC[P+](CC=C)(CC=C)CC=C.C=CC[P+](CC=C)(CC=C)CC=C.C=CC[P+](CC=C)(CC=C)CC=C.[Br-].[Br-].[Br-]. The van der Waals surface area contributed by atoms with Crippen molar-refractivity contribution in [1.29, 1.82) is 0 Å². The van der Waals surface area contributed by atoms with Crippen LogP contribution in [0.3, 0.4) is 0 Å². The molecule has 0 aliphatic rings. The van der Waals surface area contributed by atoms with E-state index in [1.54, 1.807) is 0 Å². The van der Waals surface area contributed by atoms with Crippen LogP contribution in [0.4, 0.5) is 0 Å². The zero-order valence-electron chi connectivity index (χ0n) is 26.4. The van der Waals surface area contributed by atoms with Crippen molar-refractivity contribution in [3.05, 3.63) is 152 Å². The molecule has 6 heteroatoms. The minimum atomic E-state index is -0.968. The van der Waals surface area contributed by atoms with Crippen LogP contribution in [0.2, 0.25) is 0 Å². The molecule has 240 valence electrons. The molecule has 0 bridgehead atoms. The molecule has 42 heavy (non-hydrogen) atoms. The molecule has 0 radical (unpaired) electrons. The van der Waals surface area contributed by atoms with Gasteiger partial charge in [0.1, 0.15) is 0 Å². The molecule has 0 rings (SSSR count). The Hall–Kier alpha value is -0.390. The molecular formula is C36H60Br3P3. The van der Waals surface area contributed by atoms with Crippen molar-refractivity contribution in [2.75, 3.05) is 73.9 Å². The third-order valence-electron chi connectivity index (χ3n) is 6.20. The highest BCUT2D eigenvalue weighted by molar-refractivity contribution is 7.77. The molecular weight excluding hydrogens is 765 g/mol. The van der Waals surface area contributed by atoms with Gasteiger partial charge in [-0.15, -0.1) is 0 Å². The van der Waals surface area contributed by atoms with Crippen molar-refractivity contribution in [2.45, 2.75) is 0 Å². The molecule has 0 N–H and O–H groups in total. The lowest BCUT2D eigenvalue weighted by molar-refractivity contribution is -0.00100. The van der Waals surface area contributed by atoms with Gasteiger partial charge in [0.05, 0.1) is 73.9 Å². The molecule has 0 aliphatic heterocycles. The summed E-state index contributed by atoms with van der Waals surface area (Å²) in [6.07, 6.45) is 37.5. The first-order valence-corrected chi connectivity index (χ1v) is 21.2. The van der Waals surface area contributed by atoms with Gasteiger partial charge < -0.3 is 50.9 Å². The van der Waals surface area contributed by atoms with E-state index in [1.165, 1.54) is 0 Å². The van der Waals surface area contributed by atoms with E-state index in [0.717, 1.165) is 73.9 Å². The second-order valence-corrected chi connectivity index (χ2v) is 22.1. The van der Waals surface area contributed by atoms with Gasteiger partial charge in [0.15, 0.2) is 0 Å². The fraction of sp³-hybridized carbons (Fsp3) is 0.333. The van der Waals surface area contributed by atoms with Crippen LogP contribution in [0.1, 0.15) is 0 Å². The second-order valence-electron chi connectivity index (χ2n) is 9.68. The quantitative estimate of drug-likeness (QED) is 0.104. The van der Waals surface area contributed by atoms with Crippen LogP contribution < -0.4 is 50.9 Å². The first kappa shape index (κ1) is 54.1. The van der Waals surface area contributed by atoms with Crippen molar-refractivity contribution >= 4 is 21.8 Å². The predicted octanol–water partition coefficient (Wildman–Crippen LogP) is 2.26. The minimum absolute atomic E-state index is 0. The molecule has 0 amide bonds. The van der Waals surface area contributed by atoms with Gasteiger partial charge in [-0.05, 0) is 0 Å². The maximum absolute atomic E-state index is 3.82. The summed E-state index contributed by atoms with van der Waals surface area (Å²) < 4.78 is 0. The molecule has 0 heterocycles. The maximum atomic E-state index is 3.82. The van der Waals surface area contributed by atoms with Gasteiger partial charge in [-0.3, -0.25) is 0 Å². The van der Waals surface area contributed by atoms with E-state index in [-0.39, 0.29) is 50.9 Å². The average Bonchev–Trinajstić information content (AvgIpc) is 2.87. The Morgan fingerprint density at radius 3 is 0.333 bits per heavy atom. The summed E-state index contributed by atoms with van der Waals surface area (Å²) >= 11 is 0. The highest BCUT2D eigenvalue weighted by atomic mass is 79.9. The number of rotatable bonds is 24. The Morgan fingerprint density at radius 2 is 0.286 bits per heavy atom. The fourth-order valence-electron chi connectivity index (χ4n) is 4.63. The summed E-state index contributed by atoms with van der Waals surface area (Å²) in [5, 5.41) is 0. The molecule has 0 aliphatic carbocycles. The number of halogens is 3. The molecule has 0 aromatic heterocycles. The van der Waals surface area contributed by atoms with Gasteiger partial charge in [0, 0.05) is 21.8 Å². The van der Waals surface area contributed by atoms with E-state index >= 15 is 0 Å². The normalized spacial score (nSPS) is 9.71. The van der Waals surface area contributed by atoms with Crippen LogP contribution in [0.25, 0.3) is 0 Å². The molecule has 0 nitrogen and oxygen atoms in total. The van der Waals surface area contributed by atoms with Crippen LogP contribution in [-0.2, 0) is 0 Å². The molecule has 0 aromatic rings. The summed E-state index contributed by atoms with van der Waals surface area (Å²) in [6.45, 7) is 45.8. The standard InChI is InChI=1S/3C12H20P.3BrH/c3*1-5-9-13(10-6-2,11-7-3)12-8-4;;;/h3*5-8H,1-4,9-12H2;3*1H/q3*+1;;;/p-3. The molecule has 0 saturated heterocycles. The lowest BCUT2D eigenvalue weighted by atomic mass is 10.7. The van der Waals surface area contributed by atoms with Crippen molar-refractivity contribution in [3.8, 4) is 0 Å². The molecule has 0 saturated carbocycles. The van der Waals surface area contributed by atoms with Crippen LogP contribution in [0.5, 0.6) is 0 Å². The number of allylic oxidation sites excluding steroid dienone is 12. The second kappa shape index (κ2) is 36.8. The van der Waals surface area contributed by atoms with Gasteiger partial charge in [0.2, 0.25) is 0 Å². The van der Waals surface area contributed by atoms with Crippen LogP contribution in [0, 0.1) is 0 Å². The highest BCUT2D eigenvalue weighted by Gasteiger charge is 2.32. The summed E-state index contributed by atoms with van der Waals surface area (Å²) in [7, 11) is -2.91. The van der Waals surface area contributed by atoms with Crippen molar-refractivity contribution < 1.29 is 50.9 Å². The minimum Gasteiger partial charge on any atom is -1.00 e. The Bertz CT molecular complexity index is 558. The lowest BCUT2D eigenvalue weighted by Crippen LogP contribution is -3.00. The first-order chi connectivity index (χ1) is 18.7. The van der Waals surface area contributed by atoms with E-state index in [0.29, 0.717) is 0 Å². The van der Waals surface area contributed by atoms with Crippen LogP contribution >= 0.6 is 21.8 Å². The van der Waals surface area contributed by atoms with E-state index in [1.807, 2.05) is 72.9 Å². The average molecular weight is 826 g/mol. The highest BCUT2D eigenvalue weighted by Crippen LogP contribution is 2.60. The fourth-order valence-corrected chi connectivity index (χ4v) is 13.9. The number of hydrogen-bond acceptors (Lipinski definition) is 0. The Morgan fingerprint density at radius 1 is 0.214 bits per heavy atom. The Labute approximate surface area is 296 Å². The van der Waals surface area contributed by atoms with E-state index < -0.39 is 21.8 Å². The zero-order valence-corrected chi connectivity index (χ0v) is 33.8. The topological polar surface area (TPSA) is 0 Å². The van der Waals surface area contributed by atoms with Crippen LogP contribution in [0.15, 0.2) is 152 Å². The summed E-state index contributed by atoms with van der Waals surface area (Å²) in [4.78, 5) is 0. The van der Waals surface area contributed by atoms with E-state index in [2.05, 4.69) is 78.9 Å². The smallest absolute Gasteiger partial charge is 0.0780 e. The Kier molecular flexibility index (Phi) is 47.4. The van der Waals surface area contributed by atoms with E-state index in [4.69, 9.17) is 0 Å². The summed E-state index contributed by atoms with van der Waals surface area (Å²) in [5.41, 5.74) is 0. The first-order valence-electron chi connectivity index (χ1n) is 13.6.